The molecule has 1 aliphatic rings. The van der Waals surface area contributed by atoms with Gasteiger partial charge in [-0.1, -0.05) is 81.8 Å². The molecule has 0 aliphatic carbocycles. The molecule has 2 aromatic carbocycles. The van der Waals surface area contributed by atoms with Crippen LogP contribution in [0.2, 0.25) is 0 Å². The van der Waals surface area contributed by atoms with Gasteiger partial charge >= 0.3 is 12.0 Å². The minimum absolute atomic E-state index is 0.322. The Hall–Kier alpha value is -3.48. The molecule has 7 heteroatoms. The molecule has 0 fully saturated rings. The van der Waals surface area contributed by atoms with Gasteiger partial charge in [0.15, 0.2) is 11.5 Å². The Kier molecular flexibility index (Phi) is 10.7. The fourth-order valence-corrected chi connectivity index (χ4v) is 4.31. The van der Waals surface area contributed by atoms with Crippen molar-refractivity contribution in [2.45, 2.75) is 64.8 Å². The van der Waals surface area contributed by atoms with E-state index in [4.69, 9.17) is 14.2 Å². The first-order chi connectivity index (χ1) is 17.6. The van der Waals surface area contributed by atoms with Crippen LogP contribution in [0, 0.1) is 0 Å². The standard InChI is InChI=1S/C29H38N2O5/c1-4-6-7-8-9-10-14-19-36-23-18-17-22(20-24(23)35-5-2)27-25(28(32)34-3)26(30-29(33)31-27)21-15-12-11-13-16-21/h11-13,15-18,20,27H,4-10,14,19H2,1-3H3,(H2,30,31,33). The van der Waals surface area contributed by atoms with Crippen LogP contribution >= 0.6 is 0 Å². The molecule has 2 aromatic rings. The second kappa shape index (κ2) is 14.2. The SMILES string of the molecule is CCCCCCCCCOc1ccc(C2NC(=O)NC(c3ccccc3)=C2C(=O)OC)cc1OCC. The van der Waals surface area contributed by atoms with E-state index in [0.29, 0.717) is 41.5 Å². The maximum absolute atomic E-state index is 12.9. The van der Waals surface area contributed by atoms with Gasteiger partial charge in [-0.25, -0.2) is 9.59 Å². The molecule has 0 spiro atoms. The highest BCUT2D eigenvalue weighted by Gasteiger charge is 2.34. The zero-order chi connectivity index (χ0) is 25.8. The molecular weight excluding hydrogens is 456 g/mol. The predicted molar refractivity (Wildman–Crippen MR) is 141 cm³/mol. The third-order valence-electron chi connectivity index (χ3n) is 6.15. The molecule has 1 aliphatic heterocycles. The van der Waals surface area contributed by atoms with Gasteiger partial charge in [0.05, 0.1) is 37.6 Å². The lowest BCUT2D eigenvalue weighted by Gasteiger charge is -2.29. The number of hydrogen-bond donors (Lipinski definition) is 2. The van der Waals surface area contributed by atoms with Gasteiger partial charge in [0, 0.05) is 0 Å². The lowest BCUT2D eigenvalue weighted by atomic mass is 9.92. The molecule has 0 bridgehead atoms. The Morgan fingerprint density at radius 3 is 2.31 bits per heavy atom. The van der Waals surface area contributed by atoms with E-state index < -0.39 is 18.0 Å². The zero-order valence-corrected chi connectivity index (χ0v) is 21.6. The minimum Gasteiger partial charge on any atom is -0.490 e. The minimum atomic E-state index is -0.710. The lowest BCUT2D eigenvalue weighted by molar-refractivity contribution is -0.136. The summed E-state index contributed by atoms with van der Waals surface area (Å²) in [7, 11) is 1.33. The van der Waals surface area contributed by atoms with E-state index in [0.717, 1.165) is 18.4 Å². The Balaban J connectivity index is 1.81. The summed E-state index contributed by atoms with van der Waals surface area (Å²) in [6.07, 6.45) is 8.48. The number of esters is 1. The molecule has 2 N–H and O–H groups in total. The van der Waals surface area contributed by atoms with Crippen molar-refractivity contribution in [1.82, 2.24) is 10.6 Å². The number of rotatable bonds is 14. The van der Waals surface area contributed by atoms with Crippen LogP contribution in [0.1, 0.15) is 76.0 Å². The first-order valence-corrected chi connectivity index (χ1v) is 12.9. The Labute approximate surface area is 214 Å². The fourth-order valence-electron chi connectivity index (χ4n) is 4.31. The molecule has 0 saturated heterocycles. The lowest BCUT2D eigenvalue weighted by Crippen LogP contribution is -2.45. The second-order valence-corrected chi connectivity index (χ2v) is 8.79. The topological polar surface area (TPSA) is 85.9 Å². The molecule has 7 nitrogen and oxygen atoms in total. The van der Waals surface area contributed by atoms with Crippen LogP contribution in [0.3, 0.4) is 0 Å². The summed E-state index contributed by atoms with van der Waals surface area (Å²) < 4.78 is 17.0. The van der Waals surface area contributed by atoms with Crippen molar-refractivity contribution in [2.24, 2.45) is 0 Å². The van der Waals surface area contributed by atoms with Gasteiger partial charge < -0.3 is 24.8 Å². The summed E-state index contributed by atoms with van der Waals surface area (Å²) in [4.78, 5) is 25.5. The monoisotopic (exact) mass is 494 g/mol. The van der Waals surface area contributed by atoms with Crippen molar-refractivity contribution in [1.29, 1.82) is 0 Å². The van der Waals surface area contributed by atoms with Crippen LogP contribution in [-0.2, 0) is 9.53 Å². The van der Waals surface area contributed by atoms with Gasteiger partial charge in [-0.2, -0.15) is 0 Å². The number of benzene rings is 2. The molecule has 0 radical (unpaired) electrons. The first kappa shape index (κ1) is 27.1. The third-order valence-corrected chi connectivity index (χ3v) is 6.15. The Morgan fingerprint density at radius 1 is 0.889 bits per heavy atom. The smallest absolute Gasteiger partial charge is 0.338 e. The fraction of sp³-hybridized carbons (Fsp3) is 0.448. The van der Waals surface area contributed by atoms with Gasteiger partial charge in [-0.05, 0) is 36.6 Å². The predicted octanol–water partition coefficient (Wildman–Crippen LogP) is 6.15. The highest BCUT2D eigenvalue weighted by Crippen LogP contribution is 2.36. The van der Waals surface area contributed by atoms with E-state index >= 15 is 0 Å². The number of amides is 2. The van der Waals surface area contributed by atoms with Crippen molar-refractivity contribution in [2.75, 3.05) is 20.3 Å². The van der Waals surface area contributed by atoms with E-state index in [2.05, 4.69) is 17.6 Å². The number of unbranched alkanes of at least 4 members (excludes halogenated alkanes) is 6. The Bertz CT molecular complexity index is 1040. The maximum Gasteiger partial charge on any atom is 0.338 e. The number of methoxy groups -OCH3 is 1. The quantitative estimate of drug-likeness (QED) is 0.243. The third kappa shape index (κ3) is 7.26. The van der Waals surface area contributed by atoms with Crippen molar-refractivity contribution in [3.63, 3.8) is 0 Å². The van der Waals surface area contributed by atoms with Gasteiger partial charge in [-0.15, -0.1) is 0 Å². The highest BCUT2D eigenvalue weighted by molar-refractivity contribution is 6.04. The van der Waals surface area contributed by atoms with Crippen LogP contribution in [0.25, 0.3) is 5.70 Å². The number of hydrogen-bond acceptors (Lipinski definition) is 5. The molecule has 0 saturated carbocycles. The molecule has 194 valence electrons. The van der Waals surface area contributed by atoms with Crippen molar-refractivity contribution >= 4 is 17.7 Å². The summed E-state index contributed by atoms with van der Waals surface area (Å²) in [5, 5.41) is 5.64. The second-order valence-electron chi connectivity index (χ2n) is 8.79. The van der Waals surface area contributed by atoms with E-state index in [1.807, 2.05) is 55.5 Å². The van der Waals surface area contributed by atoms with Crippen LogP contribution in [-0.4, -0.2) is 32.3 Å². The van der Waals surface area contributed by atoms with Crippen LogP contribution in [0.4, 0.5) is 4.79 Å². The normalized spacial score (nSPS) is 15.2. The zero-order valence-electron chi connectivity index (χ0n) is 21.6. The summed E-state index contributed by atoms with van der Waals surface area (Å²) in [6, 6.07) is 13.7. The molecule has 1 heterocycles. The summed E-state index contributed by atoms with van der Waals surface area (Å²) in [5.74, 6) is 0.707. The highest BCUT2D eigenvalue weighted by atomic mass is 16.5. The average Bonchev–Trinajstić information content (AvgIpc) is 2.90. The largest absolute Gasteiger partial charge is 0.490 e. The van der Waals surface area contributed by atoms with E-state index in [-0.39, 0.29) is 0 Å². The van der Waals surface area contributed by atoms with Gasteiger partial charge in [-0.3, -0.25) is 0 Å². The van der Waals surface area contributed by atoms with Crippen LogP contribution in [0.5, 0.6) is 11.5 Å². The van der Waals surface area contributed by atoms with Crippen LogP contribution in [0.15, 0.2) is 54.1 Å². The molecule has 36 heavy (non-hydrogen) atoms. The molecule has 1 atom stereocenters. The van der Waals surface area contributed by atoms with E-state index in [1.165, 1.54) is 39.2 Å². The van der Waals surface area contributed by atoms with Gasteiger partial charge in [0.2, 0.25) is 0 Å². The molecule has 0 aromatic heterocycles. The summed E-state index contributed by atoms with van der Waals surface area (Å²) >= 11 is 0. The van der Waals surface area contributed by atoms with E-state index in [1.54, 1.807) is 0 Å². The molecular formula is C29H38N2O5. The summed E-state index contributed by atoms with van der Waals surface area (Å²) in [6.45, 7) is 5.21. The Morgan fingerprint density at radius 2 is 1.61 bits per heavy atom. The number of urea groups is 1. The maximum atomic E-state index is 12.9. The summed E-state index contributed by atoms with van der Waals surface area (Å²) in [5.41, 5.74) is 2.17. The molecule has 2 amide bonds. The van der Waals surface area contributed by atoms with E-state index in [9.17, 15) is 9.59 Å². The molecule has 1 unspecified atom stereocenters. The number of carbonyl (C=O) groups is 2. The van der Waals surface area contributed by atoms with Crippen LogP contribution < -0.4 is 20.1 Å². The number of nitrogens with one attached hydrogen (secondary N) is 2. The van der Waals surface area contributed by atoms with Crippen molar-refractivity contribution in [3.8, 4) is 11.5 Å². The van der Waals surface area contributed by atoms with Crippen molar-refractivity contribution < 1.29 is 23.8 Å². The van der Waals surface area contributed by atoms with Crippen molar-refractivity contribution in [3.05, 3.63) is 65.2 Å². The first-order valence-electron chi connectivity index (χ1n) is 12.9. The number of carbonyl (C=O) groups excluding carboxylic acids is 2. The van der Waals surface area contributed by atoms with Gasteiger partial charge in [0.25, 0.3) is 0 Å². The number of ether oxygens (including phenoxy) is 3. The average molecular weight is 495 g/mol. The van der Waals surface area contributed by atoms with Gasteiger partial charge in [0.1, 0.15) is 0 Å². The molecule has 3 rings (SSSR count).